The maximum atomic E-state index is 12.2. The largest absolute Gasteiger partial charge is 0.321 e. The molecule has 2 N–H and O–H groups in total. The average molecular weight is 291 g/mol. The van der Waals surface area contributed by atoms with Crippen LogP contribution in [0.1, 0.15) is 21.6 Å². The molecule has 1 amide bonds. The van der Waals surface area contributed by atoms with Crippen molar-refractivity contribution in [1.29, 1.82) is 0 Å². The first-order valence-electron chi connectivity index (χ1n) is 7.12. The molecule has 0 aliphatic heterocycles. The second-order valence-electron chi connectivity index (χ2n) is 5.35. The first kappa shape index (κ1) is 14.1. The summed E-state index contributed by atoms with van der Waals surface area (Å²) < 4.78 is 0. The molecule has 0 atom stereocenters. The highest BCUT2D eigenvalue weighted by Gasteiger charge is 2.11. The van der Waals surface area contributed by atoms with Crippen LogP contribution in [-0.4, -0.2) is 16.1 Å². The van der Waals surface area contributed by atoms with Crippen molar-refractivity contribution in [2.75, 3.05) is 5.32 Å². The van der Waals surface area contributed by atoms with E-state index < -0.39 is 0 Å². The van der Waals surface area contributed by atoms with Gasteiger partial charge in [-0.3, -0.25) is 9.89 Å². The zero-order valence-corrected chi connectivity index (χ0v) is 12.6. The number of benzene rings is 2. The van der Waals surface area contributed by atoms with Gasteiger partial charge in [-0.05, 0) is 32.0 Å². The predicted octanol–water partition coefficient (Wildman–Crippen LogP) is 3.95. The summed E-state index contributed by atoms with van der Waals surface area (Å²) in [6.45, 7) is 4.04. The maximum Gasteiger partial charge on any atom is 0.273 e. The van der Waals surface area contributed by atoms with E-state index in [1.807, 2.05) is 62.4 Å². The summed E-state index contributed by atoms with van der Waals surface area (Å²) in [4.78, 5) is 12.2. The Morgan fingerprint density at radius 2 is 1.55 bits per heavy atom. The Morgan fingerprint density at radius 1 is 0.955 bits per heavy atom. The first-order chi connectivity index (χ1) is 10.6. The number of carbonyl (C=O) groups excluding carboxylic acids is 1. The van der Waals surface area contributed by atoms with E-state index in [-0.39, 0.29) is 5.91 Å². The summed E-state index contributed by atoms with van der Waals surface area (Å²) in [6, 6.07) is 17.5. The van der Waals surface area contributed by atoms with Crippen molar-refractivity contribution in [2.45, 2.75) is 13.8 Å². The molecule has 2 aromatic carbocycles. The van der Waals surface area contributed by atoms with Gasteiger partial charge >= 0.3 is 0 Å². The number of anilines is 1. The van der Waals surface area contributed by atoms with Crippen molar-refractivity contribution in [1.82, 2.24) is 10.2 Å². The third-order valence-corrected chi connectivity index (χ3v) is 3.48. The molecule has 3 aromatic rings. The minimum atomic E-state index is -0.199. The predicted molar refractivity (Wildman–Crippen MR) is 87.9 cm³/mol. The van der Waals surface area contributed by atoms with Crippen molar-refractivity contribution in [3.05, 3.63) is 71.4 Å². The normalized spacial score (nSPS) is 10.5. The number of hydrogen-bond acceptors (Lipinski definition) is 2. The third kappa shape index (κ3) is 3.06. The highest BCUT2D eigenvalue weighted by atomic mass is 16.1. The van der Waals surface area contributed by atoms with Gasteiger partial charge in [-0.2, -0.15) is 5.10 Å². The van der Waals surface area contributed by atoms with Gasteiger partial charge in [-0.1, -0.05) is 47.5 Å². The van der Waals surface area contributed by atoms with Crippen LogP contribution in [-0.2, 0) is 0 Å². The number of aryl methyl sites for hydroxylation is 2. The van der Waals surface area contributed by atoms with Gasteiger partial charge in [0.05, 0.1) is 5.69 Å². The Balaban J connectivity index is 1.76. The number of aromatic amines is 1. The number of nitrogens with zero attached hydrogens (tertiary/aromatic N) is 1. The fourth-order valence-electron chi connectivity index (χ4n) is 2.15. The lowest BCUT2D eigenvalue weighted by atomic mass is 10.1. The van der Waals surface area contributed by atoms with Gasteiger partial charge in [-0.25, -0.2) is 0 Å². The molecule has 0 fully saturated rings. The zero-order chi connectivity index (χ0) is 15.5. The van der Waals surface area contributed by atoms with Crippen LogP contribution < -0.4 is 5.32 Å². The van der Waals surface area contributed by atoms with Gasteiger partial charge < -0.3 is 5.32 Å². The van der Waals surface area contributed by atoms with E-state index in [2.05, 4.69) is 15.5 Å². The van der Waals surface area contributed by atoms with E-state index in [0.717, 1.165) is 22.5 Å². The topological polar surface area (TPSA) is 57.8 Å². The average Bonchev–Trinajstić information content (AvgIpc) is 3.00. The fourth-order valence-corrected chi connectivity index (χ4v) is 2.15. The Morgan fingerprint density at radius 3 is 2.18 bits per heavy atom. The monoisotopic (exact) mass is 291 g/mol. The van der Waals surface area contributed by atoms with Crippen LogP contribution in [0.2, 0.25) is 0 Å². The lowest BCUT2D eigenvalue weighted by molar-refractivity contribution is 0.102. The standard InChI is InChI=1S/C18H17N3O/c1-12-3-7-14(8-4-12)16-11-17(21-20-16)18(22)19-15-9-5-13(2)6-10-15/h3-11H,1-2H3,(H,19,22)(H,20,21). The van der Waals surface area contributed by atoms with Crippen molar-refractivity contribution in [3.63, 3.8) is 0 Å². The summed E-state index contributed by atoms with van der Waals surface area (Å²) in [7, 11) is 0. The summed E-state index contributed by atoms with van der Waals surface area (Å²) in [6.07, 6.45) is 0. The Kier molecular flexibility index (Phi) is 3.74. The molecule has 0 aliphatic carbocycles. The van der Waals surface area contributed by atoms with Crippen molar-refractivity contribution in [2.24, 2.45) is 0 Å². The van der Waals surface area contributed by atoms with Gasteiger partial charge in [0.25, 0.3) is 5.91 Å². The number of nitrogens with one attached hydrogen (secondary N) is 2. The molecule has 0 spiro atoms. The molecule has 0 aliphatic rings. The molecule has 3 rings (SSSR count). The van der Waals surface area contributed by atoms with Crippen LogP contribution in [0.4, 0.5) is 5.69 Å². The van der Waals surface area contributed by atoms with Crippen LogP contribution in [0.3, 0.4) is 0 Å². The van der Waals surface area contributed by atoms with Crippen LogP contribution in [0.25, 0.3) is 11.3 Å². The highest BCUT2D eigenvalue weighted by molar-refractivity contribution is 6.03. The van der Waals surface area contributed by atoms with E-state index in [4.69, 9.17) is 0 Å². The minimum Gasteiger partial charge on any atom is -0.321 e. The SMILES string of the molecule is Cc1ccc(NC(=O)c2cc(-c3ccc(C)cc3)n[nH]2)cc1. The molecule has 110 valence electrons. The molecule has 0 unspecified atom stereocenters. The molecule has 1 heterocycles. The zero-order valence-electron chi connectivity index (χ0n) is 12.6. The van der Waals surface area contributed by atoms with Gasteiger partial charge in [-0.15, -0.1) is 0 Å². The van der Waals surface area contributed by atoms with Crippen molar-refractivity contribution in [3.8, 4) is 11.3 Å². The number of rotatable bonds is 3. The van der Waals surface area contributed by atoms with Gasteiger partial charge in [0, 0.05) is 11.3 Å². The van der Waals surface area contributed by atoms with Gasteiger partial charge in [0.15, 0.2) is 0 Å². The molecule has 4 heteroatoms. The van der Waals surface area contributed by atoms with E-state index in [0.29, 0.717) is 5.69 Å². The van der Waals surface area contributed by atoms with Crippen molar-refractivity contribution >= 4 is 11.6 Å². The molecule has 22 heavy (non-hydrogen) atoms. The molecular weight excluding hydrogens is 274 g/mol. The number of carbonyl (C=O) groups is 1. The number of amides is 1. The molecule has 0 saturated heterocycles. The summed E-state index contributed by atoms with van der Waals surface area (Å²) >= 11 is 0. The lowest BCUT2D eigenvalue weighted by Gasteiger charge is -2.03. The highest BCUT2D eigenvalue weighted by Crippen LogP contribution is 2.19. The van der Waals surface area contributed by atoms with Crippen LogP contribution in [0, 0.1) is 13.8 Å². The summed E-state index contributed by atoms with van der Waals surface area (Å²) in [5.74, 6) is -0.199. The number of H-pyrrole nitrogens is 1. The molecular formula is C18H17N3O. The second-order valence-corrected chi connectivity index (χ2v) is 5.35. The van der Waals surface area contributed by atoms with Crippen LogP contribution in [0.15, 0.2) is 54.6 Å². The Hall–Kier alpha value is -2.88. The summed E-state index contributed by atoms with van der Waals surface area (Å²) in [5.41, 5.74) is 5.29. The molecule has 4 nitrogen and oxygen atoms in total. The van der Waals surface area contributed by atoms with E-state index in [1.165, 1.54) is 5.56 Å². The smallest absolute Gasteiger partial charge is 0.273 e. The van der Waals surface area contributed by atoms with E-state index in [1.54, 1.807) is 6.07 Å². The van der Waals surface area contributed by atoms with Crippen LogP contribution >= 0.6 is 0 Å². The quantitative estimate of drug-likeness (QED) is 0.767. The van der Waals surface area contributed by atoms with Crippen molar-refractivity contribution < 1.29 is 4.79 Å². The molecule has 0 bridgehead atoms. The van der Waals surface area contributed by atoms with E-state index in [9.17, 15) is 4.79 Å². The van der Waals surface area contributed by atoms with Crippen LogP contribution in [0.5, 0.6) is 0 Å². The third-order valence-electron chi connectivity index (χ3n) is 3.48. The molecule has 0 radical (unpaired) electrons. The molecule has 0 saturated carbocycles. The Bertz CT molecular complexity index is 786. The first-order valence-corrected chi connectivity index (χ1v) is 7.12. The maximum absolute atomic E-state index is 12.2. The minimum absolute atomic E-state index is 0.199. The van der Waals surface area contributed by atoms with E-state index >= 15 is 0 Å². The summed E-state index contributed by atoms with van der Waals surface area (Å²) in [5, 5.41) is 9.84. The second kappa shape index (κ2) is 5.85. The fraction of sp³-hybridized carbons (Fsp3) is 0.111. The molecule has 1 aromatic heterocycles. The van der Waals surface area contributed by atoms with Gasteiger partial charge in [0.1, 0.15) is 5.69 Å². The number of hydrogen-bond donors (Lipinski definition) is 2. The van der Waals surface area contributed by atoms with Gasteiger partial charge in [0.2, 0.25) is 0 Å². The lowest BCUT2D eigenvalue weighted by Crippen LogP contribution is -2.12. The number of aromatic nitrogens is 2. The Labute approximate surface area is 129 Å².